The number of para-hydroxylation sites is 2. The fraction of sp³-hybridized carbons (Fsp3) is 0.174. The third kappa shape index (κ3) is 3.82. The fourth-order valence-electron chi connectivity index (χ4n) is 3.71. The second-order valence-electron chi connectivity index (χ2n) is 7.01. The molecule has 3 aromatic carbocycles. The third-order valence-electron chi connectivity index (χ3n) is 5.02. The minimum absolute atomic E-state index is 0.0448. The van der Waals surface area contributed by atoms with E-state index >= 15 is 0 Å². The Kier molecular flexibility index (Phi) is 5.22. The lowest BCUT2D eigenvalue weighted by Gasteiger charge is -2.39. The van der Waals surface area contributed by atoms with E-state index in [-0.39, 0.29) is 18.1 Å². The van der Waals surface area contributed by atoms with Crippen molar-refractivity contribution < 1.29 is 4.79 Å². The van der Waals surface area contributed by atoms with Crippen molar-refractivity contribution in [2.45, 2.75) is 25.4 Å². The summed E-state index contributed by atoms with van der Waals surface area (Å²) in [6.45, 7) is 2.08. The average Bonchev–Trinajstić information content (AvgIpc) is 2.70. The number of halogens is 1. The molecule has 28 heavy (non-hydrogen) atoms. The van der Waals surface area contributed by atoms with Gasteiger partial charge in [0.2, 0.25) is 0 Å². The van der Waals surface area contributed by atoms with Gasteiger partial charge in [0.15, 0.2) is 0 Å². The zero-order chi connectivity index (χ0) is 19.5. The van der Waals surface area contributed by atoms with Crippen LogP contribution in [0.5, 0.6) is 0 Å². The van der Waals surface area contributed by atoms with E-state index in [9.17, 15) is 4.79 Å². The van der Waals surface area contributed by atoms with Gasteiger partial charge in [0, 0.05) is 22.4 Å². The zero-order valence-electron chi connectivity index (χ0n) is 15.6. The van der Waals surface area contributed by atoms with Crippen molar-refractivity contribution >= 4 is 34.7 Å². The first-order valence-corrected chi connectivity index (χ1v) is 9.76. The highest BCUT2D eigenvalue weighted by atomic mass is 35.5. The number of anilines is 3. The van der Waals surface area contributed by atoms with Gasteiger partial charge in [-0.2, -0.15) is 0 Å². The van der Waals surface area contributed by atoms with E-state index in [2.05, 4.69) is 35.8 Å². The molecule has 5 heteroatoms. The number of nitrogens with one attached hydrogen (secondary N) is 2. The monoisotopic (exact) mass is 391 g/mol. The molecule has 0 saturated heterocycles. The van der Waals surface area contributed by atoms with Crippen molar-refractivity contribution in [3.05, 3.63) is 89.4 Å². The van der Waals surface area contributed by atoms with Crippen molar-refractivity contribution in [1.29, 1.82) is 0 Å². The lowest BCUT2D eigenvalue weighted by Crippen LogP contribution is -2.46. The molecule has 0 unspecified atom stereocenters. The van der Waals surface area contributed by atoms with Gasteiger partial charge in [-0.05, 0) is 61.4 Å². The number of fused-ring (bicyclic) bond motifs is 1. The molecule has 0 spiro atoms. The van der Waals surface area contributed by atoms with E-state index in [4.69, 9.17) is 11.6 Å². The van der Waals surface area contributed by atoms with Crippen molar-refractivity contribution in [1.82, 2.24) is 0 Å². The van der Waals surface area contributed by atoms with E-state index in [0.717, 1.165) is 29.0 Å². The van der Waals surface area contributed by atoms with Gasteiger partial charge >= 0.3 is 6.03 Å². The van der Waals surface area contributed by atoms with Gasteiger partial charge in [0.1, 0.15) is 0 Å². The van der Waals surface area contributed by atoms with Crippen LogP contribution in [-0.2, 0) is 0 Å². The van der Waals surface area contributed by atoms with Gasteiger partial charge < -0.3 is 10.6 Å². The number of carbonyl (C=O) groups excluding carboxylic acids is 1. The second kappa shape index (κ2) is 7.95. The molecular formula is C23H22ClN3O. The molecule has 2 N–H and O–H groups in total. The first-order chi connectivity index (χ1) is 13.6. The van der Waals surface area contributed by atoms with Crippen LogP contribution in [0.1, 0.15) is 24.9 Å². The molecule has 142 valence electrons. The van der Waals surface area contributed by atoms with Crippen LogP contribution in [0.4, 0.5) is 21.9 Å². The van der Waals surface area contributed by atoms with E-state index in [1.165, 1.54) is 0 Å². The van der Waals surface area contributed by atoms with E-state index < -0.39 is 0 Å². The van der Waals surface area contributed by atoms with E-state index in [0.29, 0.717) is 5.02 Å². The molecule has 0 radical (unpaired) electrons. The summed E-state index contributed by atoms with van der Waals surface area (Å²) in [7, 11) is 0. The Morgan fingerprint density at radius 2 is 1.61 bits per heavy atom. The molecule has 0 bridgehead atoms. The molecule has 0 saturated carbocycles. The molecule has 0 aliphatic carbocycles. The Morgan fingerprint density at radius 1 is 0.929 bits per heavy atom. The quantitative estimate of drug-likeness (QED) is 0.548. The number of hydrogen-bond acceptors (Lipinski definition) is 2. The van der Waals surface area contributed by atoms with Crippen molar-refractivity contribution in [2.24, 2.45) is 0 Å². The molecule has 0 aromatic heterocycles. The molecule has 1 heterocycles. The predicted octanol–water partition coefficient (Wildman–Crippen LogP) is 6.32. The molecule has 3 aromatic rings. The lowest BCUT2D eigenvalue weighted by molar-refractivity contribution is 0.254. The van der Waals surface area contributed by atoms with Crippen LogP contribution in [0.25, 0.3) is 0 Å². The summed E-state index contributed by atoms with van der Waals surface area (Å²) in [5.74, 6) is 0. The van der Waals surface area contributed by atoms with Crippen LogP contribution in [-0.4, -0.2) is 12.1 Å². The summed E-state index contributed by atoms with van der Waals surface area (Å²) in [6.07, 6.45) is 0.819. The fourth-order valence-corrected chi connectivity index (χ4v) is 3.84. The van der Waals surface area contributed by atoms with Crippen molar-refractivity contribution in [3.8, 4) is 0 Å². The van der Waals surface area contributed by atoms with Gasteiger partial charge in [-0.15, -0.1) is 0 Å². The maximum Gasteiger partial charge on any atom is 0.326 e. The summed E-state index contributed by atoms with van der Waals surface area (Å²) in [6, 6.07) is 25.5. The average molecular weight is 392 g/mol. The summed E-state index contributed by atoms with van der Waals surface area (Å²) < 4.78 is 0. The minimum Gasteiger partial charge on any atom is -0.378 e. The topological polar surface area (TPSA) is 44.4 Å². The van der Waals surface area contributed by atoms with Gasteiger partial charge in [-0.3, -0.25) is 4.90 Å². The normalized spacial score (nSPS) is 18.3. The second-order valence-corrected chi connectivity index (χ2v) is 7.45. The highest BCUT2D eigenvalue weighted by Crippen LogP contribution is 2.39. The lowest BCUT2D eigenvalue weighted by atomic mass is 9.91. The van der Waals surface area contributed by atoms with Gasteiger partial charge in [0.05, 0.1) is 11.7 Å². The summed E-state index contributed by atoms with van der Waals surface area (Å²) in [4.78, 5) is 14.9. The van der Waals surface area contributed by atoms with Crippen LogP contribution in [0.15, 0.2) is 78.9 Å². The molecular weight excluding hydrogens is 370 g/mol. The maximum atomic E-state index is 13.1. The van der Waals surface area contributed by atoms with Gasteiger partial charge in [0.25, 0.3) is 0 Å². The molecule has 1 aliphatic rings. The Bertz CT molecular complexity index is 959. The van der Waals surface area contributed by atoms with Crippen LogP contribution in [0.3, 0.4) is 0 Å². The van der Waals surface area contributed by atoms with Crippen molar-refractivity contribution in [3.63, 3.8) is 0 Å². The smallest absolute Gasteiger partial charge is 0.326 e. The molecule has 2 atom stereocenters. The summed E-state index contributed by atoms with van der Waals surface area (Å²) >= 11 is 5.94. The summed E-state index contributed by atoms with van der Waals surface area (Å²) in [5, 5.41) is 7.24. The van der Waals surface area contributed by atoms with Crippen LogP contribution < -0.4 is 15.5 Å². The molecule has 2 amide bonds. The Labute approximate surface area is 170 Å². The number of rotatable bonds is 3. The van der Waals surface area contributed by atoms with Gasteiger partial charge in [-0.1, -0.05) is 48.0 Å². The number of nitrogens with zero attached hydrogens (tertiary/aromatic N) is 1. The zero-order valence-corrected chi connectivity index (χ0v) is 16.4. The molecule has 4 rings (SSSR count). The van der Waals surface area contributed by atoms with E-state index in [1.54, 1.807) is 24.3 Å². The van der Waals surface area contributed by atoms with Gasteiger partial charge in [-0.25, -0.2) is 4.79 Å². The third-order valence-corrected chi connectivity index (χ3v) is 5.27. The standard InChI is InChI=1S/C23H22ClN3O/c1-16-15-21(25-18-7-3-2-4-8-18)20-9-5-6-10-22(20)27(16)23(28)26-19-13-11-17(24)12-14-19/h2-14,16,21,25H,15H2,1H3,(H,26,28)/t16-,21-/m1/s1. The van der Waals surface area contributed by atoms with Crippen LogP contribution in [0, 0.1) is 0 Å². The Balaban J connectivity index is 1.60. The Morgan fingerprint density at radius 3 is 2.36 bits per heavy atom. The Hall–Kier alpha value is -2.98. The highest BCUT2D eigenvalue weighted by Gasteiger charge is 2.33. The number of benzene rings is 3. The first kappa shape index (κ1) is 18.4. The number of carbonyl (C=O) groups is 1. The van der Waals surface area contributed by atoms with Crippen molar-refractivity contribution in [2.75, 3.05) is 15.5 Å². The summed E-state index contributed by atoms with van der Waals surface area (Å²) in [5.41, 5.74) is 3.86. The molecule has 1 aliphatic heterocycles. The largest absolute Gasteiger partial charge is 0.378 e. The highest BCUT2D eigenvalue weighted by molar-refractivity contribution is 6.30. The number of amides is 2. The first-order valence-electron chi connectivity index (χ1n) is 9.38. The SMILES string of the molecule is C[C@@H]1C[C@@H](Nc2ccccc2)c2ccccc2N1C(=O)Nc1ccc(Cl)cc1. The molecule has 4 nitrogen and oxygen atoms in total. The maximum absolute atomic E-state index is 13.1. The number of urea groups is 1. The molecule has 0 fully saturated rings. The number of hydrogen-bond donors (Lipinski definition) is 2. The van der Waals surface area contributed by atoms with Crippen LogP contribution >= 0.6 is 11.6 Å². The van der Waals surface area contributed by atoms with Crippen LogP contribution in [0.2, 0.25) is 5.02 Å². The predicted molar refractivity (Wildman–Crippen MR) is 116 cm³/mol. The minimum atomic E-state index is -0.138. The van der Waals surface area contributed by atoms with E-state index in [1.807, 2.05) is 41.3 Å².